The van der Waals surface area contributed by atoms with Crippen LogP contribution in [0.4, 0.5) is 0 Å². The van der Waals surface area contributed by atoms with E-state index in [2.05, 4.69) is 33.1 Å². The molecule has 156 valence electrons. The maximum atomic E-state index is 9.66. The molecule has 3 atom stereocenters. The normalized spacial score (nSPS) is 20.2. The van der Waals surface area contributed by atoms with Crippen molar-refractivity contribution in [3.8, 4) is 22.5 Å². The Labute approximate surface area is 173 Å². The molecule has 0 aliphatic heterocycles. The Morgan fingerprint density at radius 1 is 1.10 bits per heavy atom. The smallest absolute Gasteiger partial charge is 0.0999 e. The molecule has 2 N–H and O–H groups in total. The molecule has 1 aliphatic rings. The summed E-state index contributed by atoms with van der Waals surface area (Å²) in [5.41, 5.74) is 4.25. The fourth-order valence-corrected chi connectivity index (χ4v) is 4.31. The van der Waals surface area contributed by atoms with Gasteiger partial charge in [0.2, 0.25) is 0 Å². The minimum absolute atomic E-state index is 0.222. The van der Waals surface area contributed by atoms with E-state index >= 15 is 0 Å². The first kappa shape index (κ1) is 19.0. The Balaban J connectivity index is 1.52. The van der Waals surface area contributed by atoms with E-state index in [-0.39, 0.29) is 13.2 Å². The van der Waals surface area contributed by atoms with Gasteiger partial charge in [-0.3, -0.25) is 9.36 Å². The minimum atomic E-state index is -0.848. The number of fused-ring (bicyclic) bond motifs is 1. The zero-order chi connectivity index (χ0) is 20.7. The van der Waals surface area contributed by atoms with Crippen molar-refractivity contribution in [2.45, 2.75) is 44.9 Å². The number of aromatic nitrogens is 7. The largest absolute Gasteiger partial charge is 0.394 e. The third kappa shape index (κ3) is 3.40. The molecule has 0 amide bonds. The molecule has 0 saturated heterocycles. The summed E-state index contributed by atoms with van der Waals surface area (Å²) in [5.74, 6) is 0.632. The molecule has 1 aliphatic carbocycles. The quantitative estimate of drug-likeness (QED) is 0.507. The number of hydrogen-bond acceptors (Lipinski definition) is 6. The van der Waals surface area contributed by atoms with Crippen molar-refractivity contribution in [1.82, 2.24) is 34.2 Å². The highest BCUT2D eigenvalue weighted by Gasteiger charge is 2.26. The van der Waals surface area contributed by atoms with Crippen LogP contribution in [0.15, 0.2) is 43.2 Å². The molecule has 1 fully saturated rings. The van der Waals surface area contributed by atoms with E-state index in [1.165, 1.54) is 12.8 Å². The summed E-state index contributed by atoms with van der Waals surface area (Å²) in [5, 5.41) is 32.0. The average molecular weight is 407 g/mol. The summed E-state index contributed by atoms with van der Waals surface area (Å²) in [4.78, 5) is 4.91. The molecule has 4 aromatic heterocycles. The van der Waals surface area contributed by atoms with E-state index in [0.717, 1.165) is 34.5 Å². The second kappa shape index (κ2) is 7.66. The van der Waals surface area contributed by atoms with Gasteiger partial charge in [-0.25, -0.2) is 9.50 Å². The van der Waals surface area contributed by atoms with Crippen molar-refractivity contribution in [2.75, 3.05) is 6.61 Å². The molecule has 0 bridgehead atoms. The zero-order valence-electron chi connectivity index (χ0n) is 16.8. The van der Waals surface area contributed by atoms with Crippen molar-refractivity contribution in [3.63, 3.8) is 0 Å². The molecule has 0 aromatic carbocycles. The summed E-state index contributed by atoms with van der Waals surface area (Å²) in [7, 11) is 0. The van der Waals surface area contributed by atoms with Crippen LogP contribution in [-0.4, -0.2) is 57.1 Å². The summed E-state index contributed by atoms with van der Waals surface area (Å²) in [6.07, 6.45) is 13.9. The molecule has 4 aromatic rings. The topological polar surface area (TPSA) is 106 Å². The molecule has 1 saturated carbocycles. The second-order valence-corrected chi connectivity index (χ2v) is 8.11. The van der Waals surface area contributed by atoms with Crippen LogP contribution in [0.5, 0.6) is 0 Å². The van der Waals surface area contributed by atoms with Crippen LogP contribution in [0.1, 0.15) is 32.2 Å². The van der Waals surface area contributed by atoms with Crippen LogP contribution in [0.3, 0.4) is 0 Å². The Kier molecular flexibility index (Phi) is 4.84. The first-order valence-electron chi connectivity index (χ1n) is 10.3. The maximum Gasteiger partial charge on any atom is 0.0999 e. The van der Waals surface area contributed by atoms with E-state index < -0.39 is 6.10 Å². The highest BCUT2D eigenvalue weighted by Crippen LogP contribution is 2.36. The van der Waals surface area contributed by atoms with Gasteiger partial charge in [0.25, 0.3) is 0 Å². The van der Waals surface area contributed by atoms with Crippen molar-refractivity contribution in [2.24, 2.45) is 5.92 Å². The van der Waals surface area contributed by atoms with Gasteiger partial charge in [-0.15, -0.1) is 0 Å². The van der Waals surface area contributed by atoms with Crippen LogP contribution >= 0.6 is 0 Å². The minimum Gasteiger partial charge on any atom is -0.394 e. The molecule has 30 heavy (non-hydrogen) atoms. The summed E-state index contributed by atoms with van der Waals surface area (Å²) in [6.45, 7) is 2.21. The fourth-order valence-electron chi connectivity index (χ4n) is 4.31. The van der Waals surface area contributed by atoms with Gasteiger partial charge in [0.15, 0.2) is 0 Å². The monoisotopic (exact) mass is 407 g/mol. The van der Waals surface area contributed by atoms with E-state index in [0.29, 0.717) is 12.0 Å². The van der Waals surface area contributed by atoms with Crippen molar-refractivity contribution < 1.29 is 10.2 Å². The van der Waals surface area contributed by atoms with Crippen LogP contribution < -0.4 is 0 Å². The third-order valence-corrected chi connectivity index (χ3v) is 5.96. The van der Waals surface area contributed by atoms with Crippen molar-refractivity contribution >= 4 is 5.52 Å². The van der Waals surface area contributed by atoms with E-state index in [9.17, 15) is 5.11 Å². The number of rotatable bonds is 6. The van der Waals surface area contributed by atoms with Gasteiger partial charge >= 0.3 is 0 Å². The Morgan fingerprint density at radius 2 is 1.97 bits per heavy atom. The van der Waals surface area contributed by atoms with Gasteiger partial charge in [0.1, 0.15) is 0 Å². The van der Waals surface area contributed by atoms with Gasteiger partial charge in [-0.2, -0.15) is 15.3 Å². The lowest BCUT2D eigenvalue weighted by Crippen LogP contribution is -2.19. The number of hydrogen-bond donors (Lipinski definition) is 2. The fraction of sp³-hybridized carbons (Fsp3) is 0.429. The Bertz CT molecular complexity index is 1160. The zero-order valence-corrected chi connectivity index (χ0v) is 16.8. The number of aliphatic hydroxyl groups is 2. The second-order valence-electron chi connectivity index (χ2n) is 8.11. The average Bonchev–Trinajstić information content (AvgIpc) is 3.53. The highest BCUT2D eigenvalue weighted by molar-refractivity contribution is 5.78. The van der Waals surface area contributed by atoms with Crippen LogP contribution in [0.25, 0.3) is 28.0 Å². The standard InChI is InChI=1S/C21H25N7O2/c1-14-3-2-4-19(14)27-10-16(8-24-27)21-20-5-6-22-28(20)12-18(25-21)15-7-23-26(9-15)11-17(30)13-29/h5-10,12,14,17,19,29-30H,2-4,11,13H2,1H3/t14-,17+,19-/m0/s1. The molecule has 5 rings (SSSR count). The van der Waals surface area contributed by atoms with Gasteiger partial charge in [0, 0.05) is 23.5 Å². The first-order chi connectivity index (χ1) is 14.6. The maximum absolute atomic E-state index is 9.66. The predicted octanol–water partition coefficient (Wildman–Crippen LogP) is 2.17. The lowest BCUT2D eigenvalue weighted by molar-refractivity contribution is 0.0783. The summed E-state index contributed by atoms with van der Waals surface area (Å²) < 4.78 is 5.50. The molecule has 0 spiro atoms. The van der Waals surface area contributed by atoms with Crippen LogP contribution in [-0.2, 0) is 6.54 Å². The van der Waals surface area contributed by atoms with Crippen LogP contribution in [0.2, 0.25) is 0 Å². The summed E-state index contributed by atoms with van der Waals surface area (Å²) >= 11 is 0. The molecule has 0 unspecified atom stereocenters. The number of nitrogens with zero attached hydrogens (tertiary/aromatic N) is 7. The Hall–Kier alpha value is -3.04. The molecule has 9 heteroatoms. The molecule has 0 radical (unpaired) electrons. The van der Waals surface area contributed by atoms with Crippen LogP contribution in [0, 0.1) is 5.92 Å². The van der Waals surface area contributed by atoms with E-state index in [1.807, 2.05) is 29.2 Å². The SMILES string of the molecule is C[C@H]1CCC[C@@H]1n1cc(-c2nc(-c3cnn(C[C@@H](O)CO)c3)cn3nccc23)cn1. The molecule has 9 nitrogen and oxygen atoms in total. The Morgan fingerprint density at radius 3 is 2.77 bits per heavy atom. The summed E-state index contributed by atoms with van der Waals surface area (Å²) in [6, 6.07) is 2.39. The van der Waals surface area contributed by atoms with Crippen molar-refractivity contribution in [1.29, 1.82) is 0 Å². The molecular weight excluding hydrogens is 382 g/mol. The van der Waals surface area contributed by atoms with E-state index in [1.54, 1.807) is 17.1 Å². The highest BCUT2D eigenvalue weighted by atomic mass is 16.3. The lowest BCUT2D eigenvalue weighted by atomic mass is 10.1. The molecular formula is C21H25N7O2. The predicted molar refractivity (Wildman–Crippen MR) is 111 cm³/mol. The van der Waals surface area contributed by atoms with Gasteiger partial charge < -0.3 is 10.2 Å². The lowest BCUT2D eigenvalue weighted by Gasteiger charge is -2.15. The van der Waals surface area contributed by atoms with Gasteiger partial charge in [-0.1, -0.05) is 13.3 Å². The van der Waals surface area contributed by atoms with Crippen molar-refractivity contribution in [3.05, 3.63) is 43.2 Å². The van der Waals surface area contributed by atoms with E-state index in [4.69, 9.17) is 10.1 Å². The third-order valence-electron chi connectivity index (χ3n) is 5.96. The molecule has 4 heterocycles. The number of aliphatic hydroxyl groups excluding tert-OH is 2. The van der Waals surface area contributed by atoms with Gasteiger partial charge in [0.05, 0.1) is 67.0 Å². The first-order valence-corrected chi connectivity index (χ1v) is 10.3. The van der Waals surface area contributed by atoms with Gasteiger partial charge in [-0.05, 0) is 24.8 Å².